The molecule has 0 saturated heterocycles. The fourth-order valence-electron chi connectivity index (χ4n) is 2.38. The third-order valence-corrected chi connectivity index (χ3v) is 3.43. The zero-order valence-electron chi connectivity index (χ0n) is 12.5. The van der Waals surface area contributed by atoms with Gasteiger partial charge in [0.15, 0.2) is 0 Å². The molecule has 10 nitrogen and oxygen atoms in total. The molecule has 3 aromatic rings. The molecule has 25 heavy (non-hydrogen) atoms. The Kier molecular flexibility index (Phi) is 4.19. The van der Waals surface area contributed by atoms with E-state index >= 15 is 0 Å². The molecule has 0 radical (unpaired) electrons. The molecule has 12 heteroatoms. The highest BCUT2D eigenvalue weighted by Gasteiger charge is 2.36. The maximum atomic E-state index is 14.2. The lowest BCUT2D eigenvalue weighted by atomic mass is 9.93. The Morgan fingerprint density at radius 3 is 2.60 bits per heavy atom. The first kappa shape index (κ1) is 16.6. The summed E-state index contributed by atoms with van der Waals surface area (Å²) in [6.07, 6.45) is 3.56. The molecule has 0 spiro atoms. The van der Waals surface area contributed by atoms with Crippen molar-refractivity contribution >= 4 is 5.95 Å². The summed E-state index contributed by atoms with van der Waals surface area (Å²) in [5, 5.41) is 29.1. The molecule has 0 fully saturated rings. The van der Waals surface area contributed by atoms with Crippen molar-refractivity contribution in [1.29, 1.82) is 0 Å². The van der Waals surface area contributed by atoms with Crippen molar-refractivity contribution in [3.8, 4) is 0 Å². The van der Waals surface area contributed by atoms with Gasteiger partial charge >= 0.3 is 5.95 Å². The Bertz CT molecular complexity index is 899. The molecule has 2 aromatic heterocycles. The van der Waals surface area contributed by atoms with Gasteiger partial charge in [-0.2, -0.15) is 9.78 Å². The van der Waals surface area contributed by atoms with Gasteiger partial charge < -0.3 is 15.2 Å². The predicted octanol–water partition coefficient (Wildman–Crippen LogP) is 0.644. The van der Waals surface area contributed by atoms with Crippen LogP contribution in [0.1, 0.15) is 5.56 Å². The van der Waals surface area contributed by atoms with Gasteiger partial charge in [-0.15, -0.1) is 0 Å². The lowest BCUT2D eigenvalue weighted by molar-refractivity contribution is -0.394. The van der Waals surface area contributed by atoms with E-state index in [1.165, 1.54) is 17.3 Å². The van der Waals surface area contributed by atoms with Gasteiger partial charge in [-0.1, -0.05) is 11.1 Å². The number of halogens is 2. The first-order valence-corrected chi connectivity index (χ1v) is 6.91. The van der Waals surface area contributed by atoms with Crippen LogP contribution in [0.25, 0.3) is 0 Å². The second-order valence-corrected chi connectivity index (χ2v) is 5.25. The fourth-order valence-corrected chi connectivity index (χ4v) is 2.38. The Morgan fingerprint density at radius 1 is 1.24 bits per heavy atom. The van der Waals surface area contributed by atoms with E-state index in [0.29, 0.717) is 6.07 Å². The van der Waals surface area contributed by atoms with Crippen molar-refractivity contribution in [1.82, 2.24) is 29.5 Å². The summed E-state index contributed by atoms with van der Waals surface area (Å²) in [5.74, 6) is -2.44. The third-order valence-electron chi connectivity index (χ3n) is 3.43. The highest BCUT2D eigenvalue weighted by Crippen LogP contribution is 2.28. The molecule has 1 aromatic carbocycles. The first-order valence-electron chi connectivity index (χ1n) is 6.91. The van der Waals surface area contributed by atoms with E-state index in [2.05, 4.69) is 20.2 Å². The molecule has 0 saturated carbocycles. The van der Waals surface area contributed by atoms with E-state index in [0.717, 1.165) is 23.1 Å². The van der Waals surface area contributed by atoms with Gasteiger partial charge in [0.2, 0.25) is 6.33 Å². The molecular weight excluding hydrogens is 340 g/mol. The number of hydrogen-bond acceptors (Lipinski definition) is 7. The molecule has 0 aliphatic carbocycles. The maximum Gasteiger partial charge on any atom is 0.490 e. The van der Waals surface area contributed by atoms with Crippen molar-refractivity contribution in [2.75, 3.05) is 0 Å². The molecule has 0 bridgehead atoms. The summed E-state index contributed by atoms with van der Waals surface area (Å²) in [7, 11) is 0. The largest absolute Gasteiger partial charge is 0.490 e. The fraction of sp³-hybridized carbons (Fsp3) is 0.231. The zero-order chi connectivity index (χ0) is 18.0. The van der Waals surface area contributed by atoms with E-state index in [9.17, 15) is 24.0 Å². The van der Waals surface area contributed by atoms with Crippen LogP contribution < -0.4 is 0 Å². The maximum absolute atomic E-state index is 14.2. The van der Waals surface area contributed by atoms with Crippen LogP contribution in [0.4, 0.5) is 14.7 Å². The topological polar surface area (TPSA) is 125 Å². The molecule has 0 amide bonds. The molecule has 0 aliphatic rings. The second-order valence-electron chi connectivity index (χ2n) is 5.25. The summed E-state index contributed by atoms with van der Waals surface area (Å²) in [5.41, 5.74) is -2.16. The van der Waals surface area contributed by atoms with Crippen molar-refractivity contribution in [2.24, 2.45) is 0 Å². The van der Waals surface area contributed by atoms with Crippen LogP contribution >= 0.6 is 0 Å². The Labute approximate surface area is 138 Å². The number of rotatable bonds is 6. The molecule has 2 heterocycles. The van der Waals surface area contributed by atoms with E-state index in [4.69, 9.17) is 0 Å². The highest BCUT2D eigenvalue weighted by atomic mass is 19.1. The van der Waals surface area contributed by atoms with Crippen LogP contribution in [0.3, 0.4) is 0 Å². The number of nitro groups is 1. The van der Waals surface area contributed by atoms with Crippen LogP contribution in [0.2, 0.25) is 0 Å². The summed E-state index contributed by atoms with van der Waals surface area (Å²) in [6.45, 7) is -0.626. The van der Waals surface area contributed by atoms with Crippen molar-refractivity contribution in [2.45, 2.75) is 18.7 Å². The highest BCUT2D eigenvalue weighted by molar-refractivity contribution is 5.25. The van der Waals surface area contributed by atoms with E-state index in [-0.39, 0.29) is 18.7 Å². The van der Waals surface area contributed by atoms with Crippen LogP contribution in [0.5, 0.6) is 0 Å². The van der Waals surface area contributed by atoms with Crippen LogP contribution in [0.15, 0.2) is 37.2 Å². The number of aromatic nitrogens is 6. The Balaban J connectivity index is 1.99. The average Bonchev–Trinajstić information content (AvgIpc) is 3.18. The normalized spacial score (nSPS) is 13.6. The third kappa shape index (κ3) is 3.47. The molecule has 3 rings (SSSR count). The molecular formula is C13H11F2N7O3. The predicted molar refractivity (Wildman–Crippen MR) is 77.0 cm³/mol. The minimum Gasteiger partial charge on any atom is -0.390 e. The van der Waals surface area contributed by atoms with Gasteiger partial charge in [-0.05, 0) is 11.0 Å². The molecule has 1 N–H and O–H groups in total. The molecule has 130 valence electrons. The van der Waals surface area contributed by atoms with Gasteiger partial charge in [-0.25, -0.2) is 18.4 Å². The van der Waals surface area contributed by atoms with E-state index in [1.807, 2.05) is 0 Å². The SMILES string of the molecule is O=[N+]([O-])c1ncn(CC(O)(Cn2cncn2)c2ccc(F)cc2F)n1. The van der Waals surface area contributed by atoms with Crippen molar-refractivity contribution < 1.29 is 18.8 Å². The summed E-state index contributed by atoms with van der Waals surface area (Å²) < 4.78 is 29.6. The quantitative estimate of drug-likeness (QED) is 0.510. The van der Waals surface area contributed by atoms with Crippen LogP contribution in [0, 0.1) is 21.7 Å². The Hall–Kier alpha value is -3.28. The van der Waals surface area contributed by atoms with Gasteiger partial charge in [0, 0.05) is 16.7 Å². The lowest BCUT2D eigenvalue weighted by Crippen LogP contribution is -2.37. The summed E-state index contributed by atoms with van der Waals surface area (Å²) in [6, 6.07) is 2.72. The number of benzene rings is 1. The van der Waals surface area contributed by atoms with Gasteiger partial charge in [-0.3, -0.25) is 0 Å². The van der Waals surface area contributed by atoms with Crippen LogP contribution in [-0.4, -0.2) is 39.6 Å². The van der Waals surface area contributed by atoms with Crippen molar-refractivity contribution in [3.05, 3.63) is 64.5 Å². The summed E-state index contributed by atoms with van der Waals surface area (Å²) in [4.78, 5) is 17.1. The lowest BCUT2D eigenvalue weighted by Gasteiger charge is -2.27. The van der Waals surface area contributed by atoms with E-state index < -0.39 is 28.1 Å². The molecule has 1 unspecified atom stereocenters. The minimum absolute atomic E-state index is 0.220. The molecule has 0 aliphatic heterocycles. The second kappa shape index (κ2) is 6.32. The number of aliphatic hydroxyl groups is 1. The van der Waals surface area contributed by atoms with Gasteiger partial charge in [0.25, 0.3) is 0 Å². The average molecular weight is 351 g/mol. The zero-order valence-corrected chi connectivity index (χ0v) is 12.5. The summed E-state index contributed by atoms with van der Waals surface area (Å²) >= 11 is 0. The standard InChI is InChI=1S/C13H11F2N7O3/c14-9-1-2-10(11(15)3-9)13(23,4-20-7-16-6-18-20)5-21-8-17-12(19-21)22(24)25/h1-3,6-8,23H,4-5H2. The van der Waals surface area contributed by atoms with Gasteiger partial charge in [0.1, 0.15) is 29.9 Å². The molecule has 1 atom stereocenters. The monoisotopic (exact) mass is 351 g/mol. The first-order chi connectivity index (χ1) is 11.9. The Morgan fingerprint density at radius 2 is 2.00 bits per heavy atom. The van der Waals surface area contributed by atoms with Crippen LogP contribution in [-0.2, 0) is 18.7 Å². The number of nitrogens with zero attached hydrogens (tertiary/aromatic N) is 7. The number of hydrogen-bond donors (Lipinski definition) is 1. The smallest absolute Gasteiger partial charge is 0.390 e. The van der Waals surface area contributed by atoms with E-state index in [1.54, 1.807) is 0 Å². The van der Waals surface area contributed by atoms with Gasteiger partial charge in [0.05, 0.1) is 13.1 Å². The van der Waals surface area contributed by atoms with Crippen molar-refractivity contribution in [3.63, 3.8) is 0 Å². The minimum atomic E-state index is -1.94.